The van der Waals surface area contributed by atoms with Crippen LogP contribution in [0.1, 0.15) is 11.4 Å². The zero-order valence-electron chi connectivity index (χ0n) is 11.2. The topological polar surface area (TPSA) is 103 Å². The summed E-state index contributed by atoms with van der Waals surface area (Å²) in [6.45, 7) is 0.272. The van der Waals surface area contributed by atoms with Crippen LogP contribution in [0.2, 0.25) is 0 Å². The molecule has 1 aromatic heterocycles. The fourth-order valence-electron chi connectivity index (χ4n) is 1.77. The van der Waals surface area contributed by atoms with Crippen LogP contribution in [0.15, 0.2) is 30.6 Å². The van der Waals surface area contributed by atoms with Crippen LogP contribution >= 0.6 is 0 Å². The number of benzene rings is 1. The van der Waals surface area contributed by atoms with E-state index in [1.165, 1.54) is 0 Å². The number of aryl methyl sites for hydroxylation is 1. The van der Waals surface area contributed by atoms with Crippen molar-refractivity contribution >= 4 is 15.7 Å². The lowest BCUT2D eigenvalue weighted by Crippen LogP contribution is -2.27. The third kappa shape index (κ3) is 4.32. The Morgan fingerprint density at radius 3 is 2.85 bits per heavy atom. The Hall–Kier alpha value is -1.93. The predicted octanol–water partition coefficient (Wildman–Crippen LogP) is 0.0594. The Labute approximate surface area is 117 Å². The molecular formula is C12H17N5O2S. The molecule has 3 N–H and O–H groups in total. The molecule has 7 nitrogen and oxygen atoms in total. The van der Waals surface area contributed by atoms with Crippen molar-refractivity contribution in [3.8, 4) is 0 Å². The van der Waals surface area contributed by atoms with Gasteiger partial charge in [0.15, 0.2) is 5.82 Å². The van der Waals surface area contributed by atoms with Crippen LogP contribution in [0.3, 0.4) is 0 Å². The van der Waals surface area contributed by atoms with Crippen LogP contribution in [0.4, 0.5) is 5.69 Å². The van der Waals surface area contributed by atoms with Crippen LogP contribution in [-0.4, -0.2) is 29.7 Å². The number of nitrogen functional groups attached to an aromatic ring is 1. The second-order valence-corrected chi connectivity index (χ2v) is 6.29. The molecule has 20 heavy (non-hydrogen) atoms. The van der Waals surface area contributed by atoms with Crippen molar-refractivity contribution in [3.05, 3.63) is 42.0 Å². The number of hydrogen-bond donors (Lipinski definition) is 2. The molecule has 0 fully saturated rings. The molecule has 0 amide bonds. The Morgan fingerprint density at radius 1 is 1.40 bits per heavy atom. The molecule has 0 saturated carbocycles. The summed E-state index contributed by atoms with van der Waals surface area (Å²) < 4.78 is 27.9. The highest BCUT2D eigenvalue weighted by molar-refractivity contribution is 7.88. The average molecular weight is 295 g/mol. The van der Waals surface area contributed by atoms with E-state index in [4.69, 9.17) is 5.73 Å². The summed E-state index contributed by atoms with van der Waals surface area (Å²) in [5.74, 6) is 0.521. The normalized spacial score (nSPS) is 11.7. The third-order valence-corrected chi connectivity index (χ3v) is 3.98. The molecule has 0 atom stereocenters. The standard InChI is InChI=1S/C12H17N5O2S/c1-17-9-14-12(16-17)5-6-15-20(18,19)8-10-3-2-4-11(13)7-10/h2-4,7,9,15H,5-6,8,13H2,1H3. The molecule has 1 aromatic carbocycles. The fourth-order valence-corrected chi connectivity index (χ4v) is 2.90. The zero-order chi connectivity index (χ0) is 14.6. The molecule has 1 heterocycles. The van der Waals surface area contributed by atoms with E-state index < -0.39 is 10.0 Å². The lowest BCUT2D eigenvalue weighted by atomic mass is 10.2. The maximum atomic E-state index is 11.9. The lowest BCUT2D eigenvalue weighted by molar-refractivity contribution is 0.580. The maximum Gasteiger partial charge on any atom is 0.215 e. The molecule has 0 unspecified atom stereocenters. The molecule has 0 radical (unpaired) electrons. The first-order valence-electron chi connectivity index (χ1n) is 6.11. The molecular weight excluding hydrogens is 278 g/mol. The molecule has 108 valence electrons. The van der Waals surface area contributed by atoms with E-state index in [1.807, 2.05) is 0 Å². The molecule has 0 aliphatic carbocycles. The predicted molar refractivity (Wildman–Crippen MR) is 76.2 cm³/mol. The van der Waals surface area contributed by atoms with Crippen molar-refractivity contribution in [2.24, 2.45) is 7.05 Å². The number of rotatable bonds is 6. The minimum Gasteiger partial charge on any atom is -0.399 e. The Morgan fingerprint density at radius 2 is 2.20 bits per heavy atom. The summed E-state index contributed by atoms with van der Waals surface area (Å²) in [6, 6.07) is 6.84. The smallest absolute Gasteiger partial charge is 0.215 e. The van der Waals surface area contributed by atoms with Crippen molar-refractivity contribution < 1.29 is 8.42 Å². The van der Waals surface area contributed by atoms with Gasteiger partial charge in [-0.2, -0.15) is 5.10 Å². The average Bonchev–Trinajstić information content (AvgIpc) is 2.74. The number of aromatic nitrogens is 3. The number of hydrogen-bond acceptors (Lipinski definition) is 5. The van der Waals surface area contributed by atoms with Gasteiger partial charge >= 0.3 is 0 Å². The molecule has 2 aromatic rings. The first-order chi connectivity index (χ1) is 9.44. The highest BCUT2D eigenvalue weighted by Crippen LogP contribution is 2.09. The van der Waals surface area contributed by atoms with Gasteiger partial charge in [-0.05, 0) is 17.7 Å². The number of sulfonamides is 1. The van der Waals surface area contributed by atoms with Crippen molar-refractivity contribution in [3.63, 3.8) is 0 Å². The van der Waals surface area contributed by atoms with Gasteiger partial charge in [0.25, 0.3) is 0 Å². The van der Waals surface area contributed by atoms with Gasteiger partial charge in [-0.15, -0.1) is 0 Å². The summed E-state index contributed by atoms with van der Waals surface area (Å²) in [7, 11) is -1.62. The molecule has 0 aliphatic heterocycles. The summed E-state index contributed by atoms with van der Waals surface area (Å²) in [6.07, 6.45) is 2.04. The monoisotopic (exact) mass is 295 g/mol. The van der Waals surface area contributed by atoms with Crippen LogP contribution < -0.4 is 10.5 Å². The summed E-state index contributed by atoms with van der Waals surface area (Å²) >= 11 is 0. The van der Waals surface area contributed by atoms with Gasteiger partial charge in [0.1, 0.15) is 6.33 Å². The first-order valence-corrected chi connectivity index (χ1v) is 7.76. The molecule has 0 aliphatic rings. The van der Waals surface area contributed by atoms with Gasteiger partial charge < -0.3 is 5.73 Å². The number of nitrogens with zero attached hydrogens (tertiary/aromatic N) is 3. The largest absolute Gasteiger partial charge is 0.399 e. The van der Waals surface area contributed by atoms with Crippen molar-refractivity contribution in [2.75, 3.05) is 12.3 Å². The van der Waals surface area contributed by atoms with Crippen LogP contribution in [-0.2, 0) is 29.2 Å². The zero-order valence-corrected chi connectivity index (χ0v) is 12.0. The van der Waals surface area contributed by atoms with Crippen molar-refractivity contribution in [1.82, 2.24) is 19.5 Å². The van der Waals surface area contributed by atoms with E-state index in [-0.39, 0.29) is 12.3 Å². The number of nitrogens with two attached hydrogens (primary N) is 1. The first kappa shape index (κ1) is 14.5. The van der Waals surface area contributed by atoms with Gasteiger partial charge in [0, 0.05) is 25.7 Å². The molecule has 8 heteroatoms. The van der Waals surface area contributed by atoms with E-state index >= 15 is 0 Å². The second-order valence-electron chi connectivity index (χ2n) is 4.48. The molecule has 0 saturated heterocycles. The minimum absolute atomic E-state index is 0.0896. The summed E-state index contributed by atoms with van der Waals surface area (Å²) in [4.78, 5) is 4.03. The Bertz CT molecular complexity index is 681. The highest BCUT2D eigenvalue weighted by atomic mass is 32.2. The summed E-state index contributed by atoms with van der Waals surface area (Å²) in [5.41, 5.74) is 6.83. The van der Waals surface area contributed by atoms with Crippen LogP contribution in [0.5, 0.6) is 0 Å². The quantitative estimate of drug-likeness (QED) is 0.734. The molecule has 0 spiro atoms. The number of anilines is 1. The molecule has 2 rings (SSSR count). The maximum absolute atomic E-state index is 11.9. The van der Waals surface area contributed by atoms with Gasteiger partial charge in [-0.3, -0.25) is 4.68 Å². The van der Waals surface area contributed by atoms with E-state index in [1.54, 1.807) is 42.3 Å². The highest BCUT2D eigenvalue weighted by Gasteiger charge is 2.11. The number of nitrogens with one attached hydrogen (secondary N) is 1. The molecule has 0 bridgehead atoms. The Kier molecular flexibility index (Phi) is 4.35. The van der Waals surface area contributed by atoms with E-state index in [9.17, 15) is 8.42 Å². The lowest BCUT2D eigenvalue weighted by Gasteiger charge is -2.06. The van der Waals surface area contributed by atoms with Gasteiger partial charge in [-0.25, -0.2) is 18.1 Å². The Balaban J connectivity index is 1.88. The minimum atomic E-state index is -3.38. The van der Waals surface area contributed by atoms with E-state index in [0.717, 1.165) is 0 Å². The van der Waals surface area contributed by atoms with Crippen LogP contribution in [0.25, 0.3) is 0 Å². The van der Waals surface area contributed by atoms with Crippen molar-refractivity contribution in [1.29, 1.82) is 0 Å². The van der Waals surface area contributed by atoms with Gasteiger partial charge in [-0.1, -0.05) is 12.1 Å². The van der Waals surface area contributed by atoms with Crippen LogP contribution in [0, 0.1) is 0 Å². The van der Waals surface area contributed by atoms with E-state index in [0.29, 0.717) is 23.5 Å². The second kappa shape index (κ2) is 6.02. The van der Waals surface area contributed by atoms with Gasteiger partial charge in [0.05, 0.1) is 5.75 Å². The third-order valence-electron chi connectivity index (χ3n) is 2.63. The van der Waals surface area contributed by atoms with Crippen molar-refractivity contribution in [2.45, 2.75) is 12.2 Å². The van der Waals surface area contributed by atoms with E-state index in [2.05, 4.69) is 14.8 Å². The summed E-state index contributed by atoms with van der Waals surface area (Å²) in [5, 5.41) is 4.08. The van der Waals surface area contributed by atoms with Gasteiger partial charge in [0.2, 0.25) is 10.0 Å². The fraction of sp³-hybridized carbons (Fsp3) is 0.333. The SMILES string of the molecule is Cn1cnc(CCNS(=O)(=O)Cc2cccc(N)c2)n1.